The summed E-state index contributed by atoms with van der Waals surface area (Å²) < 4.78 is 18.9. The average molecular weight is 261 g/mol. The van der Waals surface area contributed by atoms with Gasteiger partial charge in [0.2, 0.25) is 11.8 Å². The summed E-state index contributed by atoms with van der Waals surface area (Å²) in [7, 11) is 0. The van der Waals surface area contributed by atoms with Crippen LogP contribution in [-0.2, 0) is 0 Å². The van der Waals surface area contributed by atoms with Crippen LogP contribution in [0.2, 0.25) is 0 Å². The molecule has 1 atom stereocenters. The molecule has 0 spiro atoms. The summed E-state index contributed by atoms with van der Waals surface area (Å²) in [5.74, 6) is 0.672. The van der Waals surface area contributed by atoms with Crippen molar-refractivity contribution >= 4 is 5.95 Å². The van der Waals surface area contributed by atoms with Gasteiger partial charge in [-0.3, -0.25) is 0 Å². The molecule has 0 saturated heterocycles. The standard InChI is InChI=1S/C14H16FN3O/c1-3-19-13-8-9-16-14(18-13)17-10(2)11-6-4-5-7-12(11)15/h4-10H,3H2,1-2H3,(H,16,17,18). The van der Waals surface area contributed by atoms with Crippen molar-refractivity contribution in [3.05, 3.63) is 47.9 Å². The van der Waals surface area contributed by atoms with E-state index in [9.17, 15) is 4.39 Å². The van der Waals surface area contributed by atoms with Crippen molar-refractivity contribution in [2.45, 2.75) is 19.9 Å². The molecule has 5 heteroatoms. The highest BCUT2D eigenvalue weighted by molar-refractivity contribution is 5.33. The summed E-state index contributed by atoms with van der Waals surface area (Å²) in [5, 5.41) is 3.06. The van der Waals surface area contributed by atoms with Crippen LogP contribution in [0.25, 0.3) is 0 Å². The zero-order valence-corrected chi connectivity index (χ0v) is 10.9. The Labute approximate surface area is 111 Å². The summed E-state index contributed by atoms with van der Waals surface area (Å²) in [6.07, 6.45) is 1.61. The predicted molar refractivity (Wildman–Crippen MR) is 71.6 cm³/mol. The maximum absolute atomic E-state index is 13.6. The molecule has 2 rings (SSSR count). The first-order chi connectivity index (χ1) is 9.20. The van der Waals surface area contributed by atoms with E-state index >= 15 is 0 Å². The summed E-state index contributed by atoms with van der Waals surface area (Å²) in [6.45, 7) is 4.28. The third kappa shape index (κ3) is 3.40. The minimum absolute atomic E-state index is 0.224. The van der Waals surface area contributed by atoms with E-state index in [1.165, 1.54) is 6.07 Å². The van der Waals surface area contributed by atoms with Crippen molar-refractivity contribution in [2.24, 2.45) is 0 Å². The highest BCUT2D eigenvalue weighted by atomic mass is 19.1. The van der Waals surface area contributed by atoms with Crippen molar-refractivity contribution in [2.75, 3.05) is 11.9 Å². The fraction of sp³-hybridized carbons (Fsp3) is 0.286. The molecule has 0 radical (unpaired) electrons. The van der Waals surface area contributed by atoms with Crippen molar-refractivity contribution in [3.8, 4) is 5.88 Å². The number of ether oxygens (including phenoxy) is 1. The van der Waals surface area contributed by atoms with Gasteiger partial charge in [-0.15, -0.1) is 0 Å². The van der Waals surface area contributed by atoms with Crippen LogP contribution in [-0.4, -0.2) is 16.6 Å². The SMILES string of the molecule is CCOc1ccnc(NC(C)c2ccccc2F)n1. The zero-order valence-electron chi connectivity index (χ0n) is 10.9. The second-order valence-electron chi connectivity index (χ2n) is 4.04. The van der Waals surface area contributed by atoms with E-state index in [0.29, 0.717) is 24.0 Å². The van der Waals surface area contributed by atoms with Gasteiger partial charge in [0.1, 0.15) is 5.82 Å². The van der Waals surface area contributed by atoms with E-state index in [0.717, 1.165) is 0 Å². The van der Waals surface area contributed by atoms with Gasteiger partial charge in [-0.05, 0) is 19.9 Å². The first-order valence-corrected chi connectivity index (χ1v) is 6.17. The van der Waals surface area contributed by atoms with E-state index in [1.54, 1.807) is 30.5 Å². The van der Waals surface area contributed by atoms with Crippen LogP contribution in [0.4, 0.5) is 10.3 Å². The normalized spacial score (nSPS) is 11.9. The molecular weight excluding hydrogens is 245 g/mol. The number of aromatic nitrogens is 2. The van der Waals surface area contributed by atoms with E-state index in [1.807, 2.05) is 13.8 Å². The van der Waals surface area contributed by atoms with Gasteiger partial charge in [0, 0.05) is 17.8 Å². The number of rotatable bonds is 5. The van der Waals surface area contributed by atoms with Crippen LogP contribution in [0.15, 0.2) is 36.5 Å². The third-order valence-electron chi connectivity index (χ3n) is 2.64. The van der Waals surface area contributed by atoms with Gasteiger partial charge < -0.3 is 10.1 Å². The molecule has 1 aromatic heterocycles. The number of nitrogens with one attached hydrogen (secondary N) is 1. The molecule has 0 aliphatic rings. The lowest BCUT2D eigenvalue weighted by Crippen LogP contribution is -2.11. The molecule has 0 aliphatic carbocycles. The number of anilines is 1. The first-order valence-electron chi connectivity index (χ1n) is 6.17. The number of nitrogens with zero attached hydrogens (tertiary/aromatic N) is 2. The second kappa shape index (κ2) is 6.13. The van der Waals surface area contributed by atoms with Crippen LogP contribution in [0.1, 0.15) is 25.5 Å². The Morgan fingerprint density at radius 1 is 1.32 bits per heavy atom. The maximum Gasteiger partial charge on any atom is 0.226 e. The lowest BCUT2D eigenvalue weighted by Gasteiger charge is -2.15. The Morgan fingerprint density at radius 3 is 2.84 bits per heavy atom. The molecule has 0 fully saturated rings. The van der Waals surface area contributed by atoms with Gasteiger partial charge in [-0.1, -0.05) is 18.2 Å². The van der Waals surface area contributed by atoms with Gasteiger partial charge in [0.25, 0.3) is 0 Å². The Bertz CT molecular complexity index is 548. The second-order valence-corrected chi connectivity index (χ2v) is 4.04. The number of hydrogen-bond acceptors (Lipinski definition) is 4. The monoisotopic (exact) mass is 261 g/mol. The van der Waals surface area contributed by atoms with Gasteiger partial charge in [0.05, 0.1) is 12.6 Å². The number of benzene rings is 1. The molecular formula is C14H16FN3O. The van der Waals surface area contributed by atoms with E-state index in [2.05, 4.69) is 15.3 Å². The summed E-state index contributed by atoms with van der Waals surface area (Å²) in [5.41, 5.74) is 0.577. The van der Waals surface area contributed by atoms with Crippen LogP contribution < -0.4 is 10.1 Å². The van der Waals surface area contributed by atoms with E-state index < -0.39 is 0 Å². The Balaban J connectivity index is 2.12. The topological polar surface area (TPSA) is 47.0 Å². The molecule has 0 saturated carbocycles. The van der Waals surface area contributed by atoms with Crippen LogP contribution in [0.3, 0.4) is 0 Å². The third-order valence-corrected chi connectivity index (χ3v) is 2.64. The Hall–Kier alpha value is -2.17. The highest BCUT2D eigenvalue weighted by Gasteiger charge is 2.11. The number of hydrogen-bond donors (Lipinski definition) is 1. The summed E-state index contributed by atoms with van der Waals surface area (Å²) in [6, 6.07) is 8.09. The van der Waals surface area contributed by atoms with Crippen molar-refractivity contribution < 1.29 is 9.13 Å². The minimum atomic E-state index is -0.247. The van der Waals surface area contributed by atoms with Gasteiger partial charge in [-0.2, -0.15) is 4.98 Å². The van der Waals surface area contributed by atoms with Gasteiger partial charge in [0.15, 0.2) is 0 Å². The molecule has 0 bridgehead atoms. The molecule has 0 aliphatic heterocycles. The van der Waals surface area contributed by atoms with Gasteiger partial charge >= 0.3 is 0 Å². The van der Waals surface area contributed by atoms with Crippen molar-refractivity contribution in [3.63, 3.8) is 0 Å². The van der Waals surface area contributed by atoms with Gasteiger partial charge in [-0.25, -0.2) is 9.37 Å². The number of halogens is 1. The Morgan fingerprint density at radius 2 is 2.11 bits per heavy atom. The van der Waals surface area contributed by atoms with E-state index in [4.69, 9.17) is 4.74 Å². The lowest BCUT2D eigenvalue weighted by atomic mass is 10.1. The fourth-order valence-corrected chi connectivity index (χ4v) is 1.74. The molecule has 1 unspecified atom stereocenters. The quantitative estimate of drug-likeness (QED) is 0.898. The predicted octanol–water partition coefficient (Wildman–Crippen LogP) is 3.19. The molecule has 4 nitrogen and oxygen atoms in total. The summed E-state index contributed by atoms with van der Waals surface area (Å²) >= 11 is 0. The van der Waals surface area contributed by atoms with Crippen LogP contribution in [0.5, 0.6) is 5.88 Å². The largest absolute Gasteiger partial charge is 0.478 e. The molecule has 1 N–H and O–H groups in total. The highest BCUT2D eigenvalue weighted by Crippen LogP contribution is 2.20. The lowest BCUT2D eigenvalue weighted by molar-refractivity contribution is 0.326. The minimum Gasteiger partial charge on any atom is -0.478 e. The van der Waals surface area contributed by atoms with Crippen molar-refractivity contribution in [1.29, 1.82) is 0 Å². The molecule has 19 heavy (non-hydrogen) atoms. The average Bonchev–Trinajstić information content (AvgIpc) is 2.40. The smallest absolute Gasteiger partial charge is 0.226 e. The molecule has 0 amide bonds. The van der Waals surface area contributed by atoms with Crippen LogP contribution in [0, 0.1) is 5.82 Å². The Kier molecular flexibility index (Phi) is 4.28. The maximum atomic E-state index is 13.6. The molecule has 1 heterocycles. The summed E-state index contributed by atoms with van der Waals surface area (Å²) in [4.78, 5) is 8.28. The zero-order chi connectivity index (χ0) is 13.7. The molecule has 1 aromatic carbocycles. The van der Waals surface area contributed by atoms with E-state index in [-0.39, 0.29) is 11.9 Å². The first kappa shape index (κ1) is 13.3. The van der Waals surface area contributed by atoms with Crippen LogP contribution >= 0.6 is 0 Å². The van der Waals surface area contributed by atoms with Crippen molar-refractivity contribution in [1.82, 2.24) is 9.97 Å². The fourth-order valence-electron chi connectivity index (χ4n) is 1.74. The molecule has 100 valence electrons. The molecule has 2 aromatic rings.